The van der Waals surface area contributed by atoms with Gasteiger partial charge < -0.3 is 0 Å². The minimum Gasteiger partial charge on any atom is -0.225 e. The second-order valence-electron chi connectivity index (χ2n) is 5.28. The van der Waals surface area contributed by atoms with Crippen molar-refractivity contribution in [3.63, 3.8) is 0 Å². The number of hydrogen-bond acceptors (Lipinski definition) is 3. The predicted octanol–water partition coefficient (Wildman–Crippen LogP) is 6.33. The van der Waals surface area contributed by atoms with Crippen molar-refractivity contribution in [3.8, 4) is 10.6 Å². The van der Waals surface area contributed by atoms with Gasteiger partial charge in [-0.1, -0.05) is 60.7 Å². The number of thiophene rings is 1. The standard InChI is InChI=1S/C19H11NS2/c1-2-7-13(8-3-1)18-20-19-17(22-18)16-14-9-5-4-6-12(14)10-11-15(16)21-19/h1-11H. The molecule has 0 radical (unpaired) electrons. The zero-order valence-electron chi connectivity index (χ0n) is 11.6. The molecule has 1 nitrogen and oxygen atoms in total. The van der Waals surface area contributed by atoms with Crippen LogP contribution in [0.1, 0.15) is 0 Å². The SMILES string of the molecule is c1ccc(-c2nc3sc4ccc5ccccc5c4c3s2)cc1. The van der Waals surface area contributed by atoms with Crippen LogP contribution in [0.15, 0.2) is 66.7 Å². The summed E-state index contributed by atoms with van der Waals surface area (Å²) < 4.78 is 2.64. The third-order valence-electron chi connectivity index (χ3n) is 3.94. The van der Waals surface area contributed by atoms with Crippen LogP contribution in [-0.4, -0.2) is 4.98 Å². The lowest BCUT2D eigenvalue weighted by molar-refractivity contribution is 1.50. The lowest BCUT2D eigenvalue weighted by atomic mass is 10.1. The van der Waals surface area contributed by atoms with Crippen molar-refractivity contribution >= 4 is 53.1 Å². The summed E-state index contributed by atoms with van der Waals surface area (Å²) in [5.41, 5.74) is 1.20. The summed E-state index contributed by atoms with van der Waals surface area (Å²) in [6.45, 7) is 0. The van der Waals surface area contributed by atoms with E-state index in [1.165, 1.54) is 31.1 Å². The van der Waals surface area contributed by atoms with E-state index in [4.69, 9.17) is 4.98 Å². The van der Waals surface area contributed by atoms with E-state index in [0.29, 0.717) is 0 Å². The van der Waals surface area contributed by atoms with Gasteiger partial charge in [-0.25, -0.2) is 4.98 Å². The van der Waals surface area contributed by atoms with E-state index in [-0.39, 0.29) is 0 Å². The normalized spacial score (nSPS) is 11.6. The van der Waals surface area contributed by atoms with Crippen molar-refractivity contribution < 1.29 is 0 Å². The molecule has 0 unspecified atom stereocenters. The van der Waals surface area contributed by atoms with Gasteiger partial charge in [0.1, 0.15) is 9.84 Å². The van der Waals surface area contributed by atoms with Gasteiger partial charge >= 0.3 is 0 Å². The Hall–Kier alpha value is -2.23. The fourth-order valence-electron chi connectivity index (χ4n) is 2.91. The molecule has 0 aliphatic heterocycles. The number of thiazole rings is 1. The number of rotatable bonds is 1. The highest BCUT2D eigenvalue weighted by Crippen LogP contribution is 2.43. The predicted molar refractivity (Wildman–Crippen MR) is 97.9 cm³/mol. The average molecular weight is 317 g/mol. The summed E-state index contributed by atoms with van der Waals surface area (Å²) in [6.07, 6.45) is 0. The molecule has 22 heavy (non-hydrogen) atoms. The molecule has 0 atom stereocenters. The molecule has 2 aromatic heterocycles. The summed E-state index contributed by atoms with van der Waals surface area (Å²) in [5.74, 6) is 0. The molecule has 5 rings (SSSR count). The minimum atomic E-state index is 1.11. The Bertz CT molecular complexity index is 1120. The quantitative estimate of drug-likeness (QED) is 0.352. The summed E-state index contributed by atoms with van der Waals surface area (Å²) in [7, 11) is 0. The van der Waals surface area contributed by atoms with Crippen LogP contribution in [-0.2, 0) is 0 Å². The van der Waals surface area contributed by atoms with Gasteiger partial charge in [0.05, 0.1) is 4.70 Å². The first kappa shape index (κ1) is 12.3. The van der Waals surface area contributed by atoms with E-state index in [1.807, 2.05) is 6.07 Å². The molecule has 3 heteroatoms. The van der Waals surface area contributed by atoms with E-state index in [2.05, 4.69) is 60.7 Å². The van der Waals surface area contributed by atoms with Crippen molar-refractivity contribution in [2.45, 2.75) is 0 Å². The van der Waals surface area contributed by atoms with Crippen molar-refractivity contribution in [1.29, 1.82) is 0 Å². The first-order valence-electron chi connectivity index (χ1n) is 7.16. The fraction of sp³-hybridized carbons (Fsp3) is 0. The third-order valence-corrected chi connectivity index (χ3v) is 6.24. The molecule has 5 aromatic rings. The molecule has 0 amide bonds. The number of fused-ring (bicyclic) bond motifs is 5. The van der Waals surface area contributed by atoms with Gasteiger partial charge in [-0.3, -0.25) is 0 Å². The molecule has 0 aliphatic carbocycles. The second kappa shape index (κ2) is 4.63. The van der Waals surface area contributed by atoms with Crippen LogP contribution in [0.2, 0.25) is 0 Å². The molecule has 0 fully saturated rings. The minimum absolute atomic E-state index is 1.11. The Morgan fingerprint density at radius 1 is 0.727 bits per heavy atom. The van der Waals surface area contributed by atoms with Crippen LogP contribution in [0, 0.1) is 0 Å². The van der Waals surface area contributed by atoms with Crippen LogP contribution < -0.4 is 0 Å². The van der Waals surface area contributed by atoms with E-state index in [9.17, 15) is 0 Å². The van der Waals surface area contributed by atoms with E-state index in [1.54, 1.807) is 22.7 Å². The maximum Gasteiger partial charge on any atom is 0.136 e. The number of nitrogens with zero attached hydrogens (tertiary/aromatic N) is 1. The van der Waals surface area contributed by atoms with Crippen LogP contribution in [0.4, 0.5) is 0 Å². The summed E-state index contributed by atoms with van der Waals surface area (Å²) >= 11 is 3.59. The van der Waals surface area contributed by atoms with E-state index >= 15 is 0 Å². The van der Waals surface area contributed by atoms with Gasteiger partial charge in [-0.15, -0.1) is 22.7 Å². The van der Waals surface area contributed by atoms with E-state index < -0.39 is 0 Å². The molecular weight excluding hydrogens is 306 g/mol. The molecule has 2 heterocycles. The zero-order chi connectivity index (χ0) is 14.5. The topological polar surface area (TPSA) is 12.9 Å². The van der Waals surface area contributed by atoms with Gasteiger partial charge in [0.2, 0.25) is 0 Å². The van der Waals surface area contributed by atoms with Gasteiger partial charge in [-0.05, 0) is 16.8 Å². The summed E-state index contributed by atoms with van der Waals surface area (Å²) in [5, 5.41) is 5.09. The highest BCUT2D eigenvalue weighted by atomic mass is 32.1. The van der Waals surface area contributed by atoms with Crippen molar-refractivity contribution in [2.75, 3.05) is 0 Å². The average Bonchev–Trinajstić information content (AvgIpc) is 3.13. The lowest BCUT2D eigenvalue weighted by Crippen LogP contribution is -1.73. The highest BCUT2D eigenvalue weighted by molar-refractivity contribution is 7.33. The van der Waals surface area contributed by atoms with Crippen LogP contribution in [0.5, 0.6) is 0 Å². The lowest BCUT2D eigenvalue weighted by Gasteiger charge is -1.99. The van der Waals surface area contributed by atoms with E-state index in [0.717, 1.165) is 9.84 Å². The maximum absolute atomic E-state index is 4.86. The number of aromatic nitrogens is 1. The van der Waals surface area contributed by atoms with Crippen LogP contribution >= 0.6 is 22.7 Å². The molecule has 3 aromatic carbocycles. The van der Waals surface area contributed by atoms with Crippen molar-refractivity contribution in [2.24, 2.45) is 0 Å². The fourth-order valence-corrected chi connectivity index (χ4v) is 5.31. The molecule has 0 spiro atoms. The summed E-state index contributed by atoms with van der Waals surface area (Å²) in [6, 6.07) is 23.5. The Morgan fingerprint density at radius 3 is 2.45 bits per heavy atom. The second-order valence-corrected chi connectivity index (χ2v) is 7.31. The molecule has 0 saturated carbocycles. The van der Waals surface area contributed by atoms with Gasteiger partial charge in [0, 0.05) is 15.6 Å². The molecule has 0 N–H and O–H groups in total. The monoisotopic (exact) mass is 317 g/mol. The zero-order valence-corrected chi connectivity index (χ0v) is 13.2. The summed E-state index contributed by atoms with van der Waals surface area (Å²) in [4.78, 5) is 6.01. The van der Waals surface area contributed by atoms with Crippen LogP contribution in [0.3, 0.4) is 0 Å². The third kappa shape index (κ3) is 1.73. The molecular formula is C19H11NS2. The first-order chi connectivity index (χ1) is 10.9. The Morgan fingerprint density at radius 2 is 1.55 bits per heavy atom. The maximum atomic E-state index is 4.86. The van der Waals surface area contributed by atoms with Crippen LogP contribution in [0.25, 0.3) is 41.0 Å². The smallest absolute Gasteiger partial charge is 0.136 e. The molecule has 0 saturated heterocycles. The molecule has 104 valence electrons. The Kier molecular flexibility index (Phi) is 2.60. The number of benzene rings is 3. The highest BCUT2D eigenvalue weighted by Gasteiger charge is 2.14. The van der Waals surface area contributed by atoms with Gasteiger partial charge in [-0.2, -0.15) is 0 Å². The first-order valence-corrected chi connectivity index (χ1v) is 8.80. The Labute approximate surface area is 135 Å². The van der Waals surface area contributed by atoms with Gasteiger partial charge in [0.25, 0.3) is 0 Å². The molecule has 0 aliphatic rings. The molecule has 0 bridgehead atoms. The van der Waals surface area contributed by atoms with Crippen molar-refractivity contribution in [3.05, 3.63) is 66.7 Å². The van der Waals surface area contributed by atoms with Gasteiger partial charge in [0.15, 0.2) is 0 Å². The van der Waals surface area contributed by atoms with Crippen molar-refractivity contribution in [1.82, 2.24) is 4.98 Å². The number of hydrogen-bond donors (Lipinski definition) is 0. The largest absolute Gasteiger partial charge is 0.225 e. The Balaban J connectivity index is 1.88.